The summed E-state index contributed by atoms with van der Waals surface area (Å²) in [6, 6.07) is 13.7. The maximum Gasteiger partial charge on any atom is 0.227 e. The molecule has 8 nitrogen and oxygen atoms in total. The summed E-state index contributed by atoms with van der Waals surface area (Å²) in [5, 5.41) is 12.9. The number of nitrogens with one attached hydrogen (secondary N) is 1. The van der Waals surface area contributed by atoms with E-state index in [9.17, 15) is 5.11 Å². The number of hydrogen-bond donors (Lipinski definition) is 3. The highest BCUT2D eigenvalue weighted by Gasteiger charge is 2.19. The van der Waals surface area contributed by atoms with Gasteiger partial charge in [-0.25, -0.2) is 15.0 Å². The Labute approximate surface area is 170 Å². The highest BCUT2D eigenvalue weighted by Crippen LogP contribution is 2.23. The zero-order chi connectivity index (χ0) is 20.2. The van der Waals surface area contributed by atoms with Crippen molar-refractivity contribution >= 4 is 23.1 Å². The van der Waals surface area contributed by atoms with E-state index in [0.29, 0.717) is 11.8 Å². The van der Waals surface area contributed by atoms with Crippen molar-refractivity contribution in [3.05, 3.63) is 54.9 Å². The summed E-state index contributed by atoms with van der Waals surface area (Å²) < 4.78 is 0. The van der Waals surface area contributed by atoms with Crippen LogP contribution in [0.2, 0.25) is 0 Å². The van der Waals surface area contributed by atoms with Gasteiger partial charge in [0.05, 0.1) is 5.69 Å². The second-order valence-corrected chi connectivity index (χ2v) is 7.06. The number of piperazine rings is 1. The largest absolute Gasteiger partial charge is 0.384 e. The first-order valence-electron chi connectivity index (χ1n) is 9.67. The lowest BCUT2D eigenvalue weighted by molar-refractivity contribution is 0.0153. The fraction of sp³-hybridized carbons (Fsp3) is 0.286. The van der Waals surface area contributed by atoms with Crippen molar-refractivity contribution in [3.8, 4) is 11.3 Å². The maximum absolute atomic E-state index is 9.69. The van der Waals surface area contributed by atoms with Crippen LogP contribution in [0.4, 0.5) is 23.1 Å². The topological polar surface area (TPSA) is 103 Å². The van der Waals surface area contributed by atoms with E-state index in [0.717, 1.165) is 43.1 Å². The molecule has 29 heavy (non-hydrogen) atoms. The number of benzene rings is 1. The van der Waals surface area contributed by atoms with E-state index >= 15 is 0 Å². The monoisotopic (exact) mass is 391 g/mol. The molecule has 0 spiro atoms. The second kappa shape index (κ2) is 8.42. The van der Waals surface area contributed by atoms with E-state index in [1.807, 2.05) is 31.2 Å². The summed E-state index contributed by atoms with van der Waals surface area (Å²) in [6.45, 7) is 5.34. The van der Waals surface area contributed by atoms with Crippen LogP contribution in [0.25, 0.3) is 11.3 Å². The van der Waals surface area contributed by atoms with E-state index in [-0.39, 0.29) is 6.23 Å². The summed E-state index contributed by atoms with van der Waals surface area (Å²) in [5.74, 6) is 1.01. The molecule has 1 saturated heterocycles. The number of rotatable bonds is 5. The van der Waals surface area contributed by atoms with Crippen molar-refractivity contribution in [2.75, 3.05) is 42.1 Å². The smallest absolute Gasteiger partial charge is 0.227 e. The van der Waals surface area contributed by atoms with Crippen LogP contribution in [0.3, 0.4) is 0 Å². The molecule has 8 heteroatoms. The molecule has 0 aliphatic carbocycles. The van der Waals surface area contributed by atoms with E-state index in [4.69, 9.17) is 5.73 Å². The van der Waals surface area contributed by atoms with E-state index in [2.05, 4.69) is 42.2 Å². The minimum atomic E-state index is -0.386. The van der Waals surface area contributed by atoms with Gasteiger partial charge in [0, 0.05) is 55.5 Å². The van der Waals surface area contributed by atoms with Gasteiger partial charge in [-0.2, -0.15) is 0 Å². The molecule has 0 radical (unpaired) electrons. The lowest BCUT2D eigenvalue weighted by atomic mass is 10.2. The molecule has 1 atom stereocenters. The Morgan fingerprint density at radius 2 is 1.76 bits per heavy atom. The van der Waals surface area contributed by atoms with Crippen LogP contribution >= 0.6 is 0 Å². The predicted molar refractivity (Wildman–Crippen MR) is 115 cm³/mol. The number of hydrogen-bond acceptors (Lipinski definition) is 8. The lowest BCUT2D eigenvalue weighted by Gasteiger charge is -2.37. The fourth-order valence-electron chi connectivity index (χ4n) is 3.37. The highest BCUT2D eigenvalue weighted by atomic mass is 16.3. The molecule has 1 unspecified atom stereocenters. The third kappa shape index (κ3) is 4.61. The average molecular weight is 391 g/mol. The van der Waals surface area contributed by atoms with Gasteiger partial charge in [0.15, 0.2) is 0 Å². The SMILES string of the molecule is CC(O)N1CCN(c2ccc(Nc3nccc(-c4ccc(N)nc4)n3)cc2)CC1. The molecule has 0 saturated carbocycles. The van der Waals surface area contributed by atoms with Crippen molar-refractivity contribution in [2.45, 2.75) is 13.2 Å². The van der Waals surface area contributed by atoms with Gasteiger partial charge in [0.1, 0.15) is 12.0 Å². The van der Waals surface area contributed by atoms with Crippen molar-refractivity contribution in [3.63, 3.8) is 0 Å². The van der Waals surface area contributed by atoms with E-state index < -0.39 is 0 Å². The molecule has 1 aromatic carbocycles. The quantitative estimate of drug-likeness (QED) is 0.609. The summed E-state index contributed by atoms with van der Waals surface area (Å²) in [5.41, 5.74) is 9.41. The summed E-state index contributed by atoms with van der Waals surface area (Å²) in [4.78, 5) is 17.4. The van der Waals surface area contributed by atoms with Gasteiger partial charge in [0.25, 0.3) is 0 Å². The normalized spacial score (nSPS) is 15.9. The molecule has 4 N–H and O–H groups in total. The van der Waals surface area contributed by atoms with Gasteiger partial charge in [-0.05, 0) is 49.4 Å². The number of anilines is 4. The van der Waals surface area contributed by atoms with Crippen LogP contribution < -0.4 is 16.0 Å². The number of pyridine rings is 1. The first-order valence-corrected chi connectivity index (χ1v) is 9.67. The van der Waals surface area contributed by atoms with E-state index in [1.54, 1.807) is 18.5 Å². The van der Waals surface area contributed by atoms with Gasteiger partial charge in [-0.1, -0.05) is 0 Å². The fourth-order valence-corrected chi connectivity index (χ4v) is 3.37. The molecule has 1 aliphatic heterocycles. The zero-order valence-electron chi connectivity index (χ0n) is 16.4. The summed E-state index contributed by atoms with van der Waals surface area (Å²) in [6.07, 6.45) is 3.04. The van der Waals surface area contributed by atoms with Crippen LogP contribution in [-0.2, 0) is 0 Å². The molecule has 150 valence electrons. The minimum absolute atomic E-state index is 0.386. The van der Waals surface area contributed by atoms with Crippen LogP contribution in [0, 0.1) is 0 Å². The Bertz CT molecular complexity index is 936. The predicted octanol–water partition coefficient (Wildman–Crippen LogP) is 2.32. The minimum Gasteiger partial charge on any atom is -0.384 e. The summed E-state index contributed by atoms with van der Waals surface area (Å²) >= 11 is 0. The van der Waals surface area contributed by atoms with Gasteiger partial charge in [-0.3, -0.25) is 4.90 Å². The van der Waals surface area contributed by atoms with Crippen LogP contribution in [0.5, 0.6) is 0 Å². The Kier molecular flexibility index (Phi) is 5.55. The molecule has 1 fully saturated rings. The van der Waals surface area contributed by atoms with Gasteiger partial charge >= 0.3 is 0 Å². The molecule has 1 aliphatic rings. The van der Waals surface area contributed by atoms with Crippen molar-refractivity contribution in [1.82, 2.24) is 19.9 Å². The lowest BCUT2D eigenvalue weighted by Crippen LogP contribution is -2.49. The first kappa shape index (κ1) is 19.1. The van der Waals surface area contributed by atoms with Gasteiger partial charge in [0.2, 0.25) is 5.95 Å². The zero-order valence-corrected chi connectivity index (χ0v) is 16.4. The molecule has 0 bridgehead atoms. The first-order chi connectivity index (χ1) is 14.1. The number of aliphatic hydroxyl groups excluding tert-OH is 1. The molecule has 2 aromatic heterocycles. The molecular formula is C21H25N7O. The third-order valence-electron chi connectivity index (χ3n) is 5.07. The van der Waals surface area contributed by atoms with Crippen LogP contribution in [-0.4, -0.2) is 57.4 Å². The average Bonchev–Trinajstić information content (AvgIpc) is 2.75. The molecule has 4 rings (SSSR count). The Balaban J connectivity index is 1.42. The van der Waals surface area contributed by atoms with E-state index in [1.165, 1.54) is 5.69 Å². The third-order valence-corrected chi connectivity index (χ3v) is 5.07. The Hall–Kier alpha value is -3.23. The number of nitrogen functional groups attached to an aromatic ring is 1. The maximum atomic E-state index is 9.69. The summed E-state index contributed by atoms with van der Waals surface area (Å²) in [7, 11) is 0. The number of nitrogens with zero attached hydrogens (tertiary/aromatic N) is 5. The second-order valence-electron chi connectivity index (χ2n) is 7.06. The van der Waals surface area contributed by atoms with Crippen LogP contribution in [0.1, 0.15) is 6.92 Å². The Morgan fingerprint density at radius 3 is 2.41 bits per heavy atom. The van der Waals surface area contributed by atoms with Gasteiger partial charge < -0.3 is 21.1 Å². The van der Waals surface area contributed by atoms with Crippen LogP contribution in [0.15, 0.2) is 54.9 Å². The highest BCUT2D eigenvalue weighted by molar-refractivity contribution is 5.63. The Morgan fingerprint density at radius 1 is 1.00 bits per heavy atom. The standard InChI is InChI=1S/C21H25N7O/c1-15(29)27-10-12-28(13-11-27)18-5-3-17(4-6-18)25-21-23-9-8-19(26-21)16-2-7-20(22)24-14-16/h2-9,14-15,29H,10-13H2,1H3,(H2,22,24)(H,23,25,26). The number of aromatic nitrogens is 3. The van der Waals surface area contributed by atoms with Crippen molar-refractivity contribution < 1.29 is 5.11 Å². The molecule has 3 heterocycles. The molecular weight excluding hydrogens is 366 g/mol. The number of nitrogens with two attached hydrogens (primary N) is 1. The van der Waals surface area contributed by atoms with Gasteiger partial charge in [-0.15, -0.1) is 0 Å². The van der Waals surface area contributed by atoms with Crippen molar-refractivity contribution in [2.24, 2.45) is 0 Å². The van der Waals surface area contributed by atoms with Crippen molar-refractivity contribution in [1.29, 1.82) is 0 Å². The molecule has 0 amide bonds. The number of aliphatic hydroxyl groups is 1. The molecule has 3 aromatic rings.